The minimum Gasteiger partial charge on any atom is -0.335 e. The minimum absolute atomic E-state index is 0.140. The van der Waals surface area contributed by atoms with Gasteiger partial charge in [0.15, 0.2) is 10.9 Å². The number of amidine groups is 1. The Labute approximate surface area is 145 Å². The lowest BCUT2D eigenvalue weighted by Crippen LogP contribution is -2.28. The molecule has 5 nitrogen and oxygen atoms in total. The molecule has 0 bridgehead atoms. The molecule has 0 aromatic heterocycles. The van der Waals surface area contributed by atoms with Gasteiger partial charge >= 0.3 is 0 Å². The number of hydrazone groups is 1. The summed E-state index contributed by atoms with van der Waals surface area (Å²) in [5.74, 6) is 0.104. The summed E-state index contributed by atoms with van der Waals surface area (Å²) in [6.45, 7) is 0. The molecule has 0 unspecified atom stereocenters. The summed E-state index contributed by atoms with van der Waals surface area (Å²) in [5, 5.41) is 10.5. The van der Waals surface area contributed by atoms with Crippen LogP contribution in [-0.4, -0.2) is 16.7 Å². The fraction of sp³-hybridized carbons (Fsp3) is 0.167. The quantitative estimate of drug-likeness (QED) is 0.581. The van der Waals surface area contributed by atoms with Crippen molar-refractivity contribution in [3.05, 3.63) is 59.2 Å². The van der Waals surface area contributed by atoms with Crippen molar-refractivity contribution in [2.75, 3.05) is 10.6 Å². The molecule has 3 N–H and O–H groups in total. The maximum Gasteiger partial charge on any atom is 0.232 e. The third kappa shape index (κ3) is 2.76. The van der Waals surface area contributed by atoms with E-state index in [0.29, 0.717) is 10.7 Å². The summed E-state index contributed by atoms with van der Waals surface area (Å²) < 4.78 is 0. The maximum absolute atomic E-state index is 12.2. The second kappa shape index (κ2) is 6.05. The van der Waals surface area contributed by atoms with Gasteiger partial charge in [0.05, 0.1) is 5.69 Å². The van der Waals surface area contributed by atoms with Gasteiger partial charge in [0.25, 0.3) is 0 Å². The number of carbonyl (C=O) groups excluding carboxylic acids is 1. The number of nitrogens with zero attached hydrogens (tertiary/aromatic N) is 1. The molecule has 0 saturated carbocycles. The monoisotopic (exact) mass is 336 g/mol. The van der Waals surface area contributed by atoms with Crippen LogP contribution in [0.1, 0.15) is 27.9 Å². The van der Waals surface area contributed by atoms with E-state index in [1.807, 2.05) is 24.3 Å². The predicted octanol–water partition coefficient (Wildman–Crippen LogP) is 3.08. The van der Waals surface area contributed by atoms with E-state index in [4.69, 9.17) is 12.2 Å². The normalized spacial score (nSPS) is 16.5. The molecule has 2 aromatic rings. The van der Waals surface area contributed by atoms with Crippen molar-refractivity contribution in [3.8, 4) is 0 Å². The van der Waals surface area contributed by atoms with Crippen LogP contribution >= 0.6 is 12.2 Å². The number of Topliss-reactive ketones (excluding diaryl/α,β-unsaturated/α-hetero) is 1. The molecule has 2 aliphatic rings. The number of hydrogen-bond donors (Lipinski definition) is 3. The molecule has 2 aromatic carbocycles. The van der Waals surface area contributed by atoms with Gasteiger partial charge in [0.2, 0.25) is 5.78 Å². The highest BCUT2D eigenvalue weighted by Gasteiger charge is 2.25. The molecule has 120 valence electrons. The number of carbonyl (C=O) groups is 1. The number of rotatable bonds is 2. The van der Waals surface area contributed by atoms with Gasteiger partial charge in [-0.05, 0) is 66.9 Å². The summed E-state index contributed by atoms with van der Waals surface area (Å²) >= 11 is 5.26. The van der Waals surface area contributed by atoms with Crippen LogP contribution in [0.4, 0.5) is 11.4 Å². The Hall–Kier alpha value is -2.73. The first-order valence-electron chi connectivity index (χ1n) is 7.88. The first-order valence-corrected chi connectivity index (χ1v) is 8.29. The molecule has 4 rings (SSSR count). The average molecular weight is 336 g/mol. The fourth-order valence-electron chi connectivity index (χ4n) is 3.10. The molecule has 24 heavy (non-hydrogen) atoms. The minimum atomic E-state index is -0.140. The highest BCUT2D eigenvalue weighted by atomic mass is 32.1. The van der Waals surface area contributed by atoms with E-state index in [1.54, 1.807) is 6.07 Å². The van der Waals surface area contributed by atoms with Gasteiger partial charge in [-0.25, -0.2) is 0 Å². The van der Waals surface area contributed by atoms with Crippen LogP contribution in [0, 0.1) is 0 Å². The molecular formula is C18H16N4OS. The van der Waals surface area contributed by atoms with E-state index in [9.17, 15) is 4.79 Å². The van der Waals surface area contributed by atoms with E-state index < -0.39 is 0 Å². The highest BCUT2D eigenvalue weighted by molar-refractivity contribution is 7.80. The van der Waals surface area contributed by atoms with Crippen molar-refractivity contribution in [1.82, 2.24) is 5.43 Å². The molecule has 0 amide bonds. The third-order valence-corrected chi connectivity index (χ3v) is 4.46. The maximum atomic E-state index is 12.2. The number of hydrogen-bond acceptors (Lipinski definition) is 3. The molecule has 1 aliphatic carbocycles. The van der Waals surface area contributed by atoms with E-state index in [0.717, 1.165) is 24.2 Å². The third-order valence-electron chi connectivity index (χ3n) is 4.27. The number of thiocarbonyl (C=S) groups is 1. The summed E-state index contributed by atoms with van der Waals surface area (Å²) in [7, 11) is 0. The summed E-state index contributed by atoms with van der Waals surface area (Å²) in [5.41, 5.74) is 7.84. The lowest BCUT2D eigenvalue weighted by molar-refractivity contribution is 0.106. The van der Waals surface area contributed by atoms with Crippen LogP contribution in [0.2, 0.25) is 0 Å². The number of nitrogens with one attached hydrogen (secondary N) is 3. The number of anilines is 2. The summed E-state index contributed by atoms with van der Waals surface area (Å²) in [6.07, 6.45) is 3.48. The van der Waals surface area contributed by atoms with E-state index >= 15 is 0 Å². The smallest absolute Gasteiger partial charge is 0.232 e. The van der Waals surface area contributed by atoms with Gasteiger partial charge < -0.3 is 10.6 Å². The highest BCUT2D eigenvalue weighted by Crippen LogP contribution is 2.25. The lowest BCUT2D eigenvalue weighted by atomic mass is 10.1. The summed E-state index contributed by atoms with van der Waals surface area (Å²) in [4.78, 5) is 12.2. The molecule has 0 fully saturated rings. The van der Waals surface area contributed by atoms with Gasteiger partial charge in [-0.15, -0.1) is 0 Å². The zero-order valence-electron chi connectivity index (χ0n) is 12.9. The van der Waals surface area contributed by atoms with Crippen molar-refractivity contribution in [2.45, 2.75) is 19.3 Å². The molecule has 0 radical (unpaired) electrons. The van der Waals surface area contributed by atoms with Crippen molar-refractivity contribution in [2.24, 2.45) is 5.10 Å². The Balaban J connectivity index is 1.41. The molecule has 0 saturated heterocycles. The Kier molecular flexibility index (Phi) is 3.74. The Bertz CT molecular complexity index is 875. The first kappa shape index (κ1) is 14.8. The van der Waals surface area contributed by atoms with E-state index in [-0.39, 0.29) is 11.6 Å². The Morgan fingerprint density at radius 3 is 2.83 bits per heavy atom. The second-order valence-electron chi connectivity index (χ2n) is 5.86. The van der Waals surface area contributed by atoms with Crippen LogP contribution in [-0.2, 0) is 12.8 Å². The second-order valence-corrected chi connectivity index (χ2v) is 6.27. The largest absolute Gasteiger partial charge is 0.335 e. The van der Waals surface area contributed by atoms with Crippen LogP contribution in [0.5, 0.6) is 0 Å². The first-order chi connectivity index (χ1) is 11.7. The van der Waals surface area contributed by atoms with Crippen molar-refractivity contribution < 1.29 is 4.79 Å². The average Bonchev–Trinajstić information content (AvgIpc) is 3.17. The fourth-order valence-corrected chi connectivity index (χ4v) is 3.26. The van der Waals surface area contributed by atoms with Gasteiger partial charge in [-0.1, -0.05) is 18.2 Å². The van der Waals surface area contributed by atoms with Crippen molar-refractivity contribution in [1.29, 1.82) is 0 Å². The molecule has 1 heterocycles. The van der Waals surface area contributed by atoms with Gasteiger partial charge in [0.1, 0.15) is 0 Å². The summed E-state index contributed by atoms with van der Waals surface area (Å²) in [6, 6.07) is 13.6. The van der Waals surface area contributed by atoms with Crippen molar-refractivity contribution in [3.63, 3.8) is 0 Å². The Morgan fingerprint density at radius 2 is 1.96 bits per heavy atom. The van der Waals surface area contributed by atoms with Crippen LogP contribution in [0.25, 0.3) is 0 Å². The number of fused-ring (bicyclic) bond motifs is 2. The molecule has 0 spiro atoms. The SMILES string of the molecule is O=C1C(=NNC(=S)Nc2ccc3c(c2)CCC3)Nc2ccccc21. The number of benzene rings is 2. The molecular weight excluding hydrogens is 320 g/mol. The lowest BCUT2D eigenvalue weighted by Gasteiger charge is -2.09. The molecule has 0 atom stereocenters. The van der Waals surface area contributed by atoms with Gasteiger partial charge in [-0.3, -0.25) is 10.2 Å². The zero-order valence-corrected chi connectivity index (χ0v) is 13.7. The zero-order chi connectivity index (χ0) is 16.5. The van der Waals surface area contributed by atoms with E-state index in [2.05, 4.69) is 33.3 Å². The van der Waals surface area contributed by atoms with Crippen LogP contribution < -0.4 is 16.1 Å². The Morgan fingerprint density at radius 1 is 1.12 bits per heavy atom. The van der Waals surface area contributed by atoms with Crippen LogP contribution in [0.3, 0.4) is 0 Å². The molecule has 6 heteroatoms. The van der Waals surface area contributed by atoms with Crippen LogP contribution in [0.15, 0.2) is 47.6 Å². The standard InChI is InChI=1S/C18H16N4OS/c23-16-14-6-1-2-7-15(14)20-17(16)21-22-18(24)19-13-9-8-11-4-3-5-12(11)10-13/h1-2,6-10H,3-5H2,(H2,19,22,24)(H,20,21,23). The topological polar surface area (TPSA) is 65.5 Å². The van der Waals surface area contributed by atoms with Gasteiger partial charge in [0, 0.05) is 11.3 Å². The van der Waals surface area contributed by atoms with E-state index in [1.165, 1.54) is 17.5 Å². The molecule has 1 aliphatic heterocycles. The number of ketones is 1. The van der Waals surface area contributed by atoms with Gasteiger partial charge in [-0.2, -0.15) is 5.10 Å². The number of para-hydroxylation sites is 1. The predicted molar refractivity (Wildman–Crippen MR) is 99.7 cm³/mol. The number of aryl methyl sites for hydroxylation is 2. The van der Waals surface area contributed by atoms with Crippen molar-refractivity contribution >= 4 is 40.3 Å².